The minimum Gasteiger partial charge on any atom is -0.496 e. The van der Waals surface area contributed by atoms with E-state index in [-0.39, 0.29) is 0 Å². The Balaban J connectivity index is 2.32. The number of unbranched alkanes of at least 4 members (excludes halogenated alkanes) is 1. The molecule has 1 heterocycles. The van der Waals surface area contributed by atoms with Gasteiger partial charge in [0, 0.05) is 24.2 Å². The Bertz CT molecular complexity index is 628. The van der Waals surface area contributed by atoms with E-state index in [0.717, 1.165) is 47.8 Å². The van der Waals surface area contributed by atoms with E-state index < -0.39 is 0 Å². The highest BCUT2D eigenvalue weighted by Crippen LogP contribution is 2.26. The summed E-state index contributed by atoms with van der Waals surface area (Å²) < 4.78 is 5.43. The molecule has 0 fully saturated rings. The van der Waals surface area contributed by atoms with Crippen LogP contribution in [0.5, 0.6) is 5.75 Å². The minimum absolute atomic E-state index is 0.306. The van der Waals surface area contributed by atoms with E-state index in [1.54, 1.807) is 7.11 Å². The van der Waals surface area contributed by atoms with Crippen molar-refractivity contribution in [1.82, 2.24) is 9.97 Å². The van der Waals surface area contributed by atoms with Gasteiger partial charge in [0.05, 0.1) is 7.11 Å². The van der Waals surface area contributed by atoms with Gasteiger partial charge in [0.2, 0.25) is 5.95 Å². The number of para-hydroxylation sites is 1. The van der Waals surface area contributed by atoms with Gasteiger partial charge in [0.15, 0.2) is 0 Å². The maximum Gasteiger partial charge on any atom is 0.222 e. The predicted octanol–water partition coefficient (Wildman–Crippen LogP) is 3.18. The fourth-order valence-corrected chi connectivity index (χ4v) is 2.40. The van der Waals surface area contributed by atoms with Crippen LogP contribution in [-0.4, -0.2) is 23.6 Å². The topological polar surface area (TPSA) is 73.1 Å². The van der Waals surface area contributed by atoms with Gasteiger partial charge in [-0.25, -0.2) is 4.98 Å². The van der Waals surface area contributed by atoms with Gasteiger partial charge in [-0.3, -0.25) is 0 Å². The zero-order chi connectivity index (χ0) is 15.9. The van der Waals surface area contributed by atoms with E-state index in [1.807, 2.05) is 25.1 Å². The summed E-state index contributed by atoms with van der Waals surface area (Å²) in [5.74, 6) is 2.00. The van der Waals surface area contributed by atoms with Crippen LogP contribution in [0.4, 0.5) is 11.8 Å². The van der Waals surface area contributed by atoms with Crippen molar-refractivity contribution in [2.75, 3.05) is 24.7 Å². The van der Waals surface area contributed by atoms with Gasteiger partial charge in [0.25, 0.3) is 0 Å². The van der Waals surface area contributed by atoms with Gasteiger partial charge in [-0.2, -0.15) is 4.98 Å². The van der Waals surface area contributed by atoms with Crippen LogP contribution in [0.25, 0.3) is 0 Å². The zero-order valence-corrected chi connectivity index (χ0v) is 13.5. The number of ether oxygens (including phenoxy) is 1. The summed E-state index contributed by atoms with van der Waals surface area (Å²) in [5.41, 5.74) is 8.87. The summed E-state index contributed by atoms with van der Waals surface area (Å²) in [4.78, 5) is 8.67. The lowest BCUT2D eigenvalue weighted by molar-refractivity contribution is 0.410. The third-order valence-electron chi connectivity index (χ3n) is 3.61. The van der Waals surface area contributed by atoms with Crippen molar-refractivity contribution in [2.45, 2.75) is 33.1 Å². The molecule has 1 aromatic heterocycles. The largest absolute Gasteiger partial charge is 0.496 e. The molecule has 0 aliphatic heterocycles. The first-order valence-corrected chi connectivity index (χ1v) is 7.64. The molecule has 2 rings (SSSR count). The van der Waals surface area contributed by atoms with Crippen molar-refractivity contribution in [1.29, 1.82) is 0 Å². The molecule has 3 N–H and O–H groups in total. The van der Waals surface area contributed by atoms with Crippen molar-refractivity contribution in [3.63, 3.8) is 0 Å². The Morgan fingerprint density at radius 1 is 1.23 bits per heavy atom. The molecule has 0 saturated heterocycles. The molecule has 0 spiro atoms. The second-order valence-corrected chi connectivity index (χ2v) is 5.26. The van der Waals surface area contributed by atoms with Gasteiger partial charge >= 0.3 is 0 Å². The fourth-order valence-electron chi connectivity index (χ4n) is 2.40. The van der Waals surface area contributed by atoms with Crippen LogP contribution in [0.2, 0.25) is 0 Å². The molecule has 0 aliphatic rings. The van der Waals surface area contributed by atoms with Crippen LogP contribution in [0.1, 0.15) is 36.6 Å². The number of hydrogen-bond acceptors (Lipinski definition) is 5. The number of benzene rings is 1. The first-order valence-electron chi connectivity index (χ1n) is 7.64. The van der Waals surface area contributed by atoms with Crippen LogP contribution in [-0.2, 0) is 6.42 Å². The van der Waals surface area contributed by atoms with E-state index in [2.05, 4.69) is 28.3 Å². The molecule has 0 unspecified atom stereocenters. The molecule has 5 heteroatoms. The Hall–Kier alpha value is -2.30. The molecular weight excluding hydrogens is 276 g/mol. The van der Waals surface area contributed by atoms with E-state index in [4.69, 9.17) is 10.5 Å². The predicted molar refractivity (Wildman–Crippen MR) is 90.4 cm³/mol. The molecule has 0 aliphatic carbocycles. The number of hydrogen-bond donors (Lipinski definition) is 2. The van der Waals surface area contributed by atoms with Crippen LogP contribution >= 0.6 is 0 Å². The number of methoxy groups -OCH3 is 1. The van der Waals surface area contributed by atoms with Crippen LogP contribution in [0.15, 0.2) is 24.3 Å². The van der Waals surface area contributed by atoms with Crippen molar-refractivity contribution >= 4 is 11.8 Å². The highest BCUT2D eigenvalue weighted by atomic mass is 16.5. The number of rotatable bonds is 7. The molecule has 0 radical (unpaired) electrons. The standard InChI is InChI=1S/C17H24N4O/c1-4-5-10-19-16-14(12(2)20-17(18)21-16)11-13-8-6-7-9-15(13)22-3/h6-9H,4-5,10-11H2,1-3H3,(H3,18,19,20,21). The average molecular weight is 300 g/mol. The highest BCUT2D eigenvalue weighted by molar-refractivity contribution is 5.52. The SMILES string of the molecule is CCCCNc1nc(N)nc(C)c1Cc1ccccc1OC. The molecule has 1 aromatic carbocycles. The lowest BCUT2D eigenvalue weighted by Crippen LogP contribution is -2.11. The van der Waals surface area contributed by atoms with Gasteiger partial charge in [-0.1, -0.05) is 31.5 Å². The van der Waals surface area contributed by atoms with Crippen molar-refractivity contribution < 1.29 is 4.74 Å². The normalized spacial score (nSPS) is 10.5. The lowest BCUT2D eigenvalue weighted by Gasteiger charge is -2.15. The van der Waals surface area contributed by atoms with E-state index in [0.29, 0.717) is 12.4 Å². The van der Waals surface area contributed by atoms with Crippen LogP contribution in [0, 0.1) is 6.92 Å². The smallest absolute Gasteiger partial charge is 0.222 e. The van der Waals surface area contributed by atoms with Crippen molar-refractivity contribution in [2.24, 2.45) is 0 Å². The number of aryl methyl sites for hydroxylation is 1. The quantitative estimate of drug-likeness (QED) is 0.768. The molecule has 0 saturated carbocycles. The summed E-state index contributed by atoms with van der Waals surface area (Å²) in [7, 11) is 1.69. The van der Waals surface area contributed by atoms with Gasteiger partial charge < -0.3 is 15.8 Å². The maximum absolute atomic E-state index is 5.80. The van der Waals surface area contributed by atoms with E-state index in [1.165, 1.54) is 0 Å². The first kappa shape index (κ1) is 16.1. The van der Waals surface area contributed by atoms with E-state index >= 15 is 0 Å². The fraction of sp³-hybridized carbons (Fsp3) is 0.412. The summed E-state index contributed by atoms with van der Waals surface area (Å²) in [5, 5.41) is 3.38. The van der Waals surface area contributed by atoms with Crippen molar-refractivity contribution in [3.05, 3.63) is 41.1 Å². The molecule has 22 heavy (non-hydrogen) atoms. The molecule has 5 nitrogen and oxygen atoms in total. The highest BCUT2D eigenvalue weighted by Gasteiger charge is 2.13. The van der Waals surface area contributed by atoms with Crippen LogP contribution < -0.4 is 15.8 Å². The second kappa shape index (κ2) is 7.64. The number of anilines is 2. The third-order valence-corrected chi connectivity index (χ3v) is 3.61. The zero-order valence-electron chi connectivity index (χ0n) is 13.5. The third kappa shape index (κ3) is 3.87. The molecule has 0 atom stereocenters. The molecule has 2 aromatic rings. The lowest BCUT2D eigenvalue weighted by atomic mass is 10.0. The number of nitrogens with two attached hydrogens (primary N) is 1. The summed E-state index contributed by atoms with van der Waals surface area (Å²) in [6, 6.07) is 8.00. The molecule has 0 bridgehead atoms. The number of nitrogens with one attached hydrogen (secondary N) is 1. The van der Waals surface area contributed by atoms with Gasteiger partial charge in [-0.15, -0.1) is 0 Å². The summed E-state index contributed by atoms with van der Waals surface area (Å²) in [6.45, 7) is 5.01. The first-order chi connectivity index (χ1) is 10.7. The average Bonchev–Trinajstić information content (AvgIpc) is 2.51. The van der Waals surface area contributed by atoms with Crippen LogP contribution in [0.3, 0.4) is 0 Å². The monoisotopic (exact) mass is 300 g/mol. The summed E-state index contributed by atoms with van der Waals surface area (Å²) in [6.07, 6.45) is 2.94. The van der Waals surface area contributed by atoms with E-state index in [9.17, 15) is 0 Å². The van der Waals surface area contributed by atoms with Gasteiger partial charge in [-0.05, 0) is 25.0 Å². The van der Waals surface area contributed by atoms with Gasteiger partial charge in [0.1, 0.15) is 11.6 Å². The number of nitrogen functional groups attached to an aromatic ring is 1. The van der Waals surface area contributed by atoms with Crippen molar-refractivity contribution in [3.8, 4) is 5.75 Å². The summed E-state index contributed by atoms with van der Waals surface area (Å²) >= 11 is 0. The molecular formula is C17H24N4O. The number of aromatic nitrogens is 2. The molecule has 118 valence electrons. The Morgan fingerprint density at radius 3 is 2.73 bits per heavy atom. The molecule has 0 amide bonds. The maximum atomic E-state index is 5.80. The second-order valence-electron chi connectivity index (χ2n) is 5.26. The minimum atomic E-state index is 0.306. The Morgan fingerprint density at radius 2 is 2.00 bits per heavy atom. The number of nitrogens with zero attached hydrogens (tertiary/aromatic N) is 2. The Kier molecular flexibility index (Phi) is 5.58. The Labute approximate surface area is 131 Å².